The molecule has 11 rings (SSSR count). The van der Waals surface area contributed by atoms with Gasteiger partial charge in [0.15, 0.2) is 0 Å². The molecule has 0 nitrogen and oxygen atoms in total. The van der Waals surface area contributed by atoms with Gasteiger partial charge in [0, 0.05) is 32.7 Å². The van der Waals surface area contributed by atoms with Gasteiger partial charge in [-0.3, -0.25) is 0 Å². The predicted octanol–water partition coefficient (Wildman–Crippen LogP) is 12.0. The summed E-state index contributed by atoms with van der Waals surface area (Å²) in [5, 5.41) is 16.3. The Hall–Kier alpha value is -4.10. The fourth-order valence-corrected chi connectivity index (χ4v) is 8.16. The van der Waals surface area contributed by atoms with Crippen LogP contribution >= 0.6 is 0 Å². The monoisotopic (exact) mass is 605 g/mol. The van der Waals surface area contributed by atoms with E-state index in [-0.39, 0.29) is 40.1 Å². The molecule has 0 aliphatic heterocycles. The van der Waals surface area contributed by atoms with Crippen LogP contribution in [0.5, 0.6) is 0 Å². The van der Waals surface area contributed by atoms with Crippen molar-refractivity contribution in [2.75, 3.05) is 0 Å². The molecule has 42 heavy (non-hydrogen) atoms. The molecule has 9 aromatic rings. The molecule has 191 valence electrons. The molecule has 0 heterocycles. The van der Waals surface area contributed by atoms with Crippen LogP contribution in [-0.4, -0.2) is 0 Å². The number of hydrogen-bond acceptors (Lipinski definition) is 0. The first-order valence-electron chi connectivity index (χ1n) is 14.1. The van der Waals surface area contributed by atoms with Crippen LogP contribution in [0.1, 0.15) is 7.43 Å². The van der Waals surface area contributed by atoms with Crippen LogP contribution < -0.4 is 0 Å². The van der Waals surface area contributed by atoms with Gasteiger partial charge >= 0.3 is 0 Å². The summed E-state index contributed by atoms with van der Waals surface area (Å²) in [4.78, 5) is 0. The van der Waals surface area contributed by atoms with Crippen LogP contribution in [0.15, 0.2) is 121 Å². The van der Waals surface area contributed by atoms with Gasteiger partial charge in [0.2, 0.25) is 0 Å². The molecule has 9 aromatic carbocycles. The molecule has 0 N–H and O–H groups in total. The van der Waals surface area contributed by atoms with Crippen molar-refractivity contribution in [3.05, 3.63) is 121 Å². The quantitative estimate of drug-likeness (QED) is 0.119. The van der Waals surface area contributed by atoms with E-state index in [1.807, 2.05) is 0 Å². The number of hydrogen-bond donors (Lipinski definition) is 0. The SMILES string of the molecule is C.[Y].c1ccc2cc3c(cc2c1)-c1ccc2c4ccc5c6c(ccc(c7ccc-3c1c27)c64)-c1cc2ccccc2cc1-5. The van der Waals surface area contributed by atoms with E-state index in [9.17, 15) is 0 Å². The Labute approximate surface area is 268 Å². The van der Waals surface area contributed by atoms with Crippen molar-refractivity contribution in [1.82, 2.24) is 0 Å². The van der Waals surface area contributed by atoms with Crippen molar-refractivity contribution >= 4 is 64.6 Å². The third kappa shape index (κ3) is 2.76. The van der Waals surface area contributed by atoms with Crippen molar-refractivity contribution in [3.63, 3.8) is 0 Å². The molecule has 2 aliphatic carbocycles. The Balaban J connectivity index is 0.00000125. The van der Waals surface area contributed by atoms with E-state index in [1.54, 1.807) is 0 Å². The molecular weight excluding hydrogens is 581 g/mol. The van der Waals surface area contributed by atoms with E-state index in [1.165, 1.54) is 109 Å². The van der Waals surface area contributed by atoms with Gasteiger partial charge in [0.05, 0.1) is 0 Å². The van der Waals surface area contributed by atoms with E-state index >= 15 is 0 Å². The summed E-state index contributed by atoms with van der Waals surface area (Å²) in [7, 11) is 0. The first kappa shape index (κ1) is 24.5. The smallest absolute Gasteiger partial charge is 0 e. The van der Waals surface area contributed by atoms with Crippen LogP contribution in [0.4, 0.5) is 0 Å². The van der Waals surface area contributed by atoms with Crippen LogP contribution in [0, 0.1) is 0 Å². The van der Waals surface area contributed by atoms with Gasteiger partial charge in [0.1, 0.15) is 0 Å². The summed E-state index contributed by atoms with van der Waals surface area (Å²) in [6.07, 6.45) is 0. The standard InChI is InChI=1S/C40H20.CH4.Y/c1-2-6-22-18-34-30-14-10-26-28-12-16-32-36-20-24-8-4-3-7-23(24)19-35(36)31-15-11-27(38(28)40(31)32)25-9-13-29(39(30)37(25)26)33(34)17-21(22)5-1;;/h1-20H;1H4;. The van der Waals surface area contributed by atoms with Crippen molar-refractivity contribution in [1.29, 1.82) is 0 Å². The predicted molar refractivity (Wildman–Crippen MR) is 178 cm³/mol. The van der Waals surface area contributed by atoms with Crippen molar-refractivity contribution < 1.29 is 32.7 Å². The van der Waals surface area contributed by atoms with E-state index in [0.29, 0.717) is 0 Å². The molecule has 0 aromatic heterocycles. The molecule has 0 unspecified atom stereocenters. The molecule has 0 atom stereocenters. The zero-order valence-corrected chi connectivity index (χ0v) is 25.0. The zero-order chi connectivity index (χ0) is 25.7. The molecule has 1 radical (unpaired) electrons. The van der Waals surface area contributed by atoms with Crippen LogP contribution in [0.3, 0.4) is 0 Å². The summed E-state index contributed by atoms with van der Waals surface area (Å²) in [5.41, 5.74) is 10.9. The van der Waals surface area contributed by atoms with E-state index in [4.69, 9.17) is 0 Å². The summed E-state index contributed by atoms with van der Waals surface area (Å²) < 4.78 is 0. The van der Waals surface area contributed by atoms with E-state index in [2.05, 4.69) is 121 Å². The number of rotatable bonds is 0. The van der Waals surface area contributed by atoms with Crippen molar-refractivity contribution in [2.45, 2.75) is 7.43 Å². The normalized spacial score (nSPS) is 12.4. The third-order valence-electron chi connectivity index (χ3n) is 9.83. The van der Waals surface area contributed by atoms with Gasteiger partial charge in [0.25, 0.3) is 0 Å². The molecule has 0 spiro atoms. The second-order valence-corrected chi connectivity index (χ2v) is 11.6. The molecule has 0 saturated heterocycles. The van der Waals surface area contributed by atoms with Gasteiger partial charge in [-0.1, -0.05) is 104 Å². The minimum atomic E-state index is 0. The van der Waals surface area contributed by atoms with Gasteiger partial charge < -0.3 is 0 Å². The molecule has 0 amide bonds. The molecule has 0 bridgehead atoms. The minimum Gasteiger partial charge on any atom is -0.0776 e. The maximum absolute atomic E-state index is 2.39. The Bertz CT molecular complexity index is 2280. The second-order valence-electron chi connectivity index (χ2n) is 11.6. The van der Waals surface area contributed by atoms with Crippen LogP contribution in [0.2, 0.25) is 0 Å². The first-order valence-corrected chi connectivity index (χ1v) is 14.1. The van der Waals surface area contributed by atoms with Crippen molar-refractivity contribution in [2.24, 2.45) is 0 Å². The Morgan fingerprint density at radius 2 is 0.524 bits per heavy atom. The van der Waals surface area contributed by atoms with Gasteiger partial charge in [-0.2, -0.15) is 0 Å². The van der Waals surface area contributed by atoms with Gasteiger partial charge in [-0.25, -0.2) is 0 Å². The maximum atomic E-state index is 2.39. The fraction of sp³-hybridized carbons (Fsp3) is 0.0244. The number of fused-ring (bicyclic) bond motifs is 10. The molecule has 2 aliphatic rings. The summed E-state index contributed by atoms with van der Waals surface area (Å²) in [5.74, 6) is 0. The van der Waals surface area contributed by atoms with E-state index in [0.717, 1.165) is 0 Å². The Morgan fingerprint density at radius 1 is 0.262 bits per heavy atom. The minimum absolute atomic E-state index is 0. The Kier molecular flexibility index (Phi) is 4.82. The van der Waals surface area contributed by atoms with Crippen molar-refractivity contribution in [3.8, 4) is 44.5 Å². The molecular formula is C41H24Y. The summed E-state index contributed by atoms with van der Waals surface area (Å²) in [6.45, 7) is 0. The molecule has 0 saturated carbocycles. The average Bonchev–Trinajstić information content (AvgIpc) is 3.50. The average molecular weight is 606 g/mol. The third-order valence-corrected chi connectivity index (χ3v) is 9.83. The van der Waals surface area contributed by atoms with E-state index < -0.39 is 0 Å². The fourth-order valence-electron chi connectivity index (χ4n) is 8.16. The summed E-state index contributed by atoms with van der Waals surface area (Å²) in [6, 6.07) is 46.1. The first-order chi connectivity index (χ1) is 19.8. The molecule has 1 heteroatoms. The number of benzene rings is 9. The Morgan fingerprint density at radius 3 is 0.786 bits per heavy atom. The van der Waals surface area contributed by atoms with Gasteiger partial charge in [-0.15, -0.1) is 0 Å². The topological polar surface area (TPSA) is 0 Å². The summed E-state index contributed by atoms with van der Waals surface area (Å²) >= 11 is 0. The molecule has 0 fully saturated rings. The maximum Gasteiger partial charge on any atom is 0 e. The van der Waals surface area contributed by atoms with Crippen LogP contribution in [0.25, 0.3) is 109 Å². The zero-order valence-electron chi connectivity index (χ0n) is 22.1. The second kappa shape index (κ2) is 8.26. The van der Waals surface area contributed by atoms with Gasteiger partial charge in [-0.05, 0) is 133 Å². The van der Waals surface area contributed by atoms with Crippen LogP contribution in [-0.2, 0) is 32.7 Å². The largest absolute Gasteiger partial charge is 0.0776 e.